The molecule has 0 spiro atoms. The number of rotatable bonds is 2. The van der Waals surface area contributed by atoms with Crippen LogP contribution in [0.25, 0.3) is 0 Å². The molecular formula is C15H18O2. The number of aliphatic hydroxyl groups is 1. The lowest BCUT2D eigenvalue weighted by Gasteiger charge is -2.35. The minimum Gasteiger partial charge on any atom is -0.381 e. The molecule has 0 heterocycles. The first-order valence-electron chi connectivity index (χ1n) is 6.07. The molecule has 0 saturated carbocycles. The molecule has 1 N–H and O–H groups in total. The first-order valence-corrected chi connectivity index (χ1v) is 6.07. The second-order valence-electron chi connectivity index (χ2n) is 4.72. The van der Waals surface area contributed by atoms with E-state index in [1.54, 1.807) is 0 Å². The van der Waals surface area contributed by atoms with Crippen molar-refractivity contribution in [2.45, 2.75) is 32.3 Å². The van der Waals surface area contributed by atoms with E-state index < -0.39 is 5.60 Å². The Labute approximate surface area is 102 Å². The van der Waals surface area contributed by atoms with Crippen molar-refractivity contribution in [3.05, 3.63) is 47.5 Å². The molecule has 1 aliphatic carbocycles. The zero-order valence-electron chi connectivity index (χ0n) is 10.3. The number of ketones is 1. The van der Waals surface area contributed by atoms with Crippen LogP contribution in [0.15, 0.2) is 36.4 Å². The summed E-state index contributed by atoms with van der Waals surface area (Å²) in [6.07, 6.45) is 5.05. The minimum absolute atomic E-state index is 0.134. The molecule has 2 atom stereocenters. The number of aryl methyl sites for hydroxylation is 1. The Balaban J connectivity index is 2.40. The summed E-state index contributed by atoms with van der Waals surface area (Å²) in [5, 5.41) is 10.6. The van der Waals surface area contributed by atoms with Gasteiger partial charge in [-0.25, -0.2) is 0 Å². The summed E-state index contributed by atoms with van der Waals surface area (Å²) in [6.45, 7) is 3.80. The fourth-order valence-corrected chi connectivity index (χ4v) is 2.51. The number of benzene rings is 1. The van der Waals surface area contributed by atoms with Crippen molar-refractivity contribution < 1.29 is 9.90 Å². The Morgan fingerprint density at radius 3 is 2.82 bits per heavy atom. The summed E-state index contributed by atoms with van der Waals surface area (Å²) in [6, 6.07) is 7.56. The first kappa shape index (κ1) is 12.1. The number of fused-ring (bicyclic) bond motifs is 1. The van der Waals surface area contributed by atoms with Gasteiger partial charge in [-0.15, -0.1) is 0 Å². The van der Waals surface area contributed by atoms with Crippen LogP contribution in [0.2, 0.25) is 0 Å². The molecule has 1 aromatic carbocycles. The number of allylic oxidation sites excluding steroid dienone is 1. The molecule has 2 nitrogen and oxygen atoms in total. The summed E-state index contributed by atoms with van der Waals surface area (Å²) in [4.78, 5) is 12.4. The van der Waals surface area contributed by atoms with Crippen molar-refractivity contribution >= 4 is 5.78 Å². The van der Waals surface area contributed by atoms with Crippen LogP contribution in [0, 0.1) is 5.92 Å². The van der Waals surface area contributed by atoms with Crippen LogP contribution in [-0.4, -0.2) is 16.5 Å². The second kappa shape index (κ2) is 4.46. The molecule has 0 saturated heterocycles. The Kier molecular flexibility index (Phi) is 3.16. The zero-order chi connectivity index (χ0) is 12.5. The highest BCUT2D eigenvalue weighted by molar-refractivity contribution is 6.04. The Hall–Kier alpha value is -1.41. The van der Waals surface area contributed by atoms with Crippen molar-refractivity contribution in [3.63, 3.8) is 0 Å². The summed E-state index contributed by atoms with van der Waals surface area (Å²) in [7, 11) is 0. The molecular weight excluding hydrogens is 212 g/mol. The van der Waals surface area contributed by atoms with Gasteiger partial charge in [0.2, 0.25) is 0 Å². The van der Waals surface area contributed by atoms with Gasteiger partial charge in [0.15, 0.2) is 5.78 Å². The van der Waals surface area contributed by atoms with E-state index in [1.807, 2.05) is 50.3 Å². The lowest BCUT2D eigenvalue weighted by atomic mass is 9.73. The summed E-state index contributed by atoms with van der Waals surface area (Å²) in [5.41, 5.74) is 0.494. The van der Waals surface area contributed by atoms with Gasteiger partial charge in [-0.1, -0.05) is 43.3 Å². The average Bonchev–Trinajstić information content (AvgIpc) is 2.35. The third-order valence-electron chi connectivity index (χ3n) is 3.67. The topological polar surface area (TPSA) is 37.3 Å². The molecule has 90 valence electrons. The molecule has 17 heavy (non-hydrogen) atoms. The summed E-state index contributed by atoms with van der Waals surface area (Å²) < 4.78 is 0. The maximum absolute atomic E-state index is 12.4. The highest BCUT2D eigenvalue weighted by Gasteiger charge is 2.43. The highest BCUT2D eigenvalue weighted by Crippen LogP contribution is 2.34. The lowest BCUT2D eigenvalue weighted by molar-refractivity contribution is 0.00475. The molecule has 2 rings (SSSR count). The predicted octanol–water partition coefficient (Wildman–Crippen LogP) is 2.76. The maximum atomic E-state index is 12.4. The van der Waals surface area contributed by atoms with Crippen LogP contribution in [0.3, 0.4) is 0 Å². The Bertz CT molecular complexity index is 462. The van der Waals surface area contributed by atoms with E-state index in [-0.39, 0.29) is 11.7 Å². The number of Topliss-reactive ketones (excluding diaryl/α,β-unsaturated/α-hetero) is 1. The van der Waals surface area contributed by atoms with E-state index >= 15 is 0 Å². The second-order valence-corrected chi connectivity index (χ2v) is 4.72. The molecule has 0 bridgehead atoms. The summed E-state index contributed by atoms with van der Waals surface area (Å²) in [5.74, 6) is -0.279. The SMILES string of the molecule is C/C=C/[C@@H](C)[C@]1(O)CCc2ccccc2C1=O. The highest BCUT2D eigenvalue weighted by atomic mass is 16.3. The smallest absolute Gasteiger partial charge is 0.195 e. The minimum atomic E-state index is -1.24. The van der Waals surface area contributed by atoms with Gasteiger partial charge in [-0.3, -0.25) is 4.79 Å². The van der Waals surface area contributed by atoms with Crippen molar-refractivity contribution in [2.75, 3.05) is 0 Å². The van der Waals surface area contributed by atoms with Crippen LogP contribution in [0.4, 0.5) is 0 Å². The Morgan fingerprint density at radius 1 is 1.41 bits per heavy atom. The lowest BCUT2D eigenvalue weighted by Crippen LogP contribution is -2.47. The molecule has 0 radical (unpaired) electrons. The van der Waals surface area contributed by atoms with Gasteiger partial charge in [0.05, 0.1) is 0 Å². The van der Waals surface area contributed by atoms with E-state index in [1.165, 1.54) is 0 Å². The van der Waals surface area contributed by atoms with Crippen LogP contribution in [0.5, 0.6) is 0 Å². The number of carbonyl (C=O) groups excluding carboxylic acids is 1. The van der Waals surface area contributed by atoms with Gasteiger partial charge < -0.3 is 5.11 Å². The van der Waals surface area contributed by atoms with Gasteiger partial charge in [0.1, 0.15) is 5.60 Å². The first-order chi connectivity index (χ1) is 8.09. The fraction of sp³-hybridized carbons (Fsp3) is 0.400. The molecule has 0 amide bonds. The van der Waals surface area contributed by atoms with Crippen LogP contribution in [-0.2, 0) is 6.42 Å². The zero-order valence-corrected chi connectivity index (χ0v) is 10.3. The number of hydrogen-bond donors (Lipinski definition) is 1. The van der Waals surface area contributed by atoms with E-state index in [4.69, 9.17) is 0 Å². The number of carbonyl (C=O) groups is 1. The van der Waals surface area contributed by atoms with Gasteiger partial charge in [0, 0.05) is 11.5 Å². The van der Waals surface area contributed by atoms with E-state index in [0.717, 1.165) is 12.0 Å². The molecule has 1 aromatic rings. The quantitative estimate of drug-likeness (QED) is 0.793. The van der Waals surface area contributed by atoms with Crippen LogP contribution in [0.1, 0.15) is 36.2 Å². The van der Waals surface area contributed by atoms with Crippen molar-refractivity contribution in [2.24, 2.45) is 5.92 Å². The normalized spacial score (nSPS) is 25.9. The van der Waals surface area contributed by atoms with Crippen LogP contribution < -0.4 is 0 Å². The Morgan fingerprint density at radius 2 is 2.12 bits per heavy atom. The van der Waals surface area contributed by atoms with E-state index in [0.29, 0.717) is 12.0 Å². The largest absolute Gasteiger partial charge is 0.381 e. The third kappa shape index (κ3) is 1.93. The van der Waals surface area contributed by atoms with Crippen molar-refractivity contribution in [1.29, 1.82) is 0 Å². The molecule has 2 heteroatoms. The molecule has 0 fully saturated rings. The van der Waals surface area contributed by atoms with Gasteiger partial charge in [-0.2, -0.15) is 0 Å². The molecule has 0 aliphatic heterocycles. The van der Waals surface area contributed by atoms with Crippen molar-refractivity contribution in [3.8, 4) is 0 Å². The molecule has 0 aromatic heterocycles. The molecule has 1 aliphatic rings. The molecule has 0 unspecified atom stereocenters. The van der Waals surface area contributed by atoms with Gasteiger partial charge in [-0.05, 0) is 25.3 Å². The monoisotopic (exact) mass is 230 g/mol. The fourth-order valence-electron chi connectivity index (χ4n) is 2.51. The third-order valence-corrected chi connectivity index (χ3v) is 3.67. The van der Waals surface area contributed by atoms with E-state index in [9.17, 15) is 9.90 Å². The average molecular weight is 230 g/mol. The van der Waals surface area contributed by atoms with E-state index in [2.05, 4.69) is 0 Å². The van der Waals surface area contributed by atoms with Crippen LogP contribution >= 0.6 is 0 Å². The predicted molar refractivity (Wildman–Crippen MR) is 68.0 cm³/mol. The van der Waals surface area contributed by atoms with Gasteiger partial charge in [0.25, 0.3) is 0 Å². The summed E-state index contributed by atoms with van der Waals surface area (Å²) >= 11 is 0. The maximum Gasteiger partial charge on any atom is 0.195 e. The number of hydrogen-bond acceptors (Lipinski definition) is 2. The van der Waals surface area contributed by atoms with Gasteiger partial charge >= 0.3 is 0 Å². The van der Waals surface area contributed by atoms with Crippen molar-refractivity contribution in [1.82, 2.24) is 0 Å². The standard InChI is InChI=1S/C15H18O2/c1-3-6-11(2)15(17)10-9-12-7-4-5-8-13(12)14(15)16/h3-8,11,17H,9-10H2,1-2H3/b6-3+/t11-,15-/m1/s1.